The quantitative estimate of drug-likeness (QED) is 0.700. The Bertz CT molecular complexity index is 809. The van der Waals surface area contributed by atoms with Crippen LogP contribution >= 0.6 is 12.2 Å². The molecule has 6 nitrogen and oxygen atoms in total. The van der Waals surface area contributed by atoms with Gasteiger partial charge in [-0.1, -0.05) is 23.8 Å². The third-order valence-electron chi connectivity index (χ3n) is 4.57. The van der Waals surface area contributed by atoms with Crippen molar-refractivity contribution >= 4 is 18.1 Å². The summed E-state index contributed by atoms with van der Waals surface area (Å²) in [4.78, 5) is 12.5. The number of aryl methyl sites for hydroxylation is 1. The fraction of sp³-hybridized carbons (Fsp3) is 0.471. The molecule has 0 spiro atoms. The predicted molar refractivity (Wildman–Crippen MR) is 93.9 cm³/mol. The van der Waals surface area contributed by atoms with Crippen LogP contribution in [0.1, 0.15) is 25.3 Å². The highest BCUT2D eigenvalue weighted by atomic mass is 32.1. The summed E-state index contributed by atoms with van der Waals surface area (Å²) >= 11 is 5.27. The molecule has 2 aromatic rings. The van der Waals surface area contributed by atoms with Crippen molar-refractivity contribution in [2.24, 2.45) is 5.92 Å². The molecule has 0 unspecified atom stereocenters. The maximum atomic E-state index is 12.5. The van der Waals surface area contributed by atoms with Gasteiger partial charge in [0, 0.05) is 5.56 Å². The first kappa shape index (κ1) is 16.9. The fourth-order valence-corrected chi connectivity index (χ4v) is 3.16. The van der Waals surface area contributed by atoms with E-state index in [9.17, 15) is 9.90 Å². The van der Waals surface area contributed by atoms with Gasteiger partial charge in [0.1, 0.15) is 6.54 Å². The van der Waals surface area contributed by atoms with Gasteiger partial charge in [-0.05, 0) is 50.9 Å². The van der Waals surface area contributed by atoms with Gasteiger partial charge in [-0.3, -0.25) is 14.5 Å². The number of hydrogen-bond acceptors (Lipinski definition) is 4. The van der Waals surface area contributed by atoms with Gasteiger partial charge in [-0.15, -0.1) is 0 Å². The zero-order valence-corrected chi connectivity index (χ0v) is 14.7. The number of hydrogen-bond donors (Lipinski definition) is 3. The Balaban J connectivity index is 1.81. The van der Waals surface area contributed by atoms with E-state index in [-0.39, 0.29) is 19.1 Å². The minimum absolute atomic E-state index is 0.0646. The lowest BCUT2D eigenvalue weighted by atomic mass is 9.97. The topological polar surface area (TPSA) is 82.9 Å². The minimum Gasteiger partial charge on any atom is -0.394 e. The number of rotatable bonds is 6. The third-order valence-corrected chi connectivity index (χ3v) is 4.88. The maximum Gasteiger partial charge on any atom is 0.240 e. The summed E-state index contributed by atoms with van der Waals surface area (Å²) in [6.45, 7) is 3.90. The Kier molecular flexibility index (Phi) is 4.56. The maximum absolute atomic E-state index is 12.5. The monoisotopic (exact) mass is 346 g/mol. The second kappa shape index (κ2) is 6.49. The molecule has 0 radical (unpaired) electrons. The molecule has 1 amide bonds. The van der Waals surface area contributed by atoms with Crippen molar-refractivity contribution in [3.05, 3.63) is 34.6 Å². The summed E-state index contributed by atoms with van der Waals surface area (Å²) in [5.74, 6) is 0.806. The van der Waals surface area contributed by atoms with Crippen molar-refractivity contribution in [3.63, 3.8) is 0 Å². The molecular weight excluding hydrogens is 324 g/mol. The number of carbonyl (C=O) groups excluding carboxylic acids is 1. The number of nitrogens with one attached hydrogen (secondary N) is 2. The van der Waals surface area contributed by atoms with Crippen LogP contribution in [-0.2, 0) is 11.3 Å². The first-order chi connectivity index (χ1) is 11.4. The van der Waals surface area contributed by atoms with Crippen molar-refractivity contribution in [2.75, 3.05) is 6.61 Å². The average Bonchev–Trinajstić information content (AvgIpc) is 3.34. The molecule has 24 heavy (non-hydrogen) atoms. The summed E-state index contributed by atoms with van der Waals surface area (Å²) in [7, 11) is 0. The molecule has 1 fully saturated rings. The van der Waals surface area contributed by atoms with E-state index >= 15 is 0 Å². The van der Waals surface area contributed by atoms with Crippen molar-refractivity contribution in [2.45, 2.75) is 38.8 Å². The van der Waals surface area contributed by atoms with E-state index in [0.29, 0.717) is 16.5 Å². The molecule has 1 aromatic carbocycles. The molecular formula is C17H22N4O2S. The van der Waals surface area contributed by atoms with E-state index < -0.39 is 5.54 Å². The summed E-state index contributed by atoms with van der Waals surface area (Å²) in [5, 5.41) is 19.6. The number of H-pyrrole nitrogens is 1. The Hall–Kier alpha value is -1.99. The Labute approximate surface area is 145 Å². The second-order valence-corrected chi connectivity index (χ2v) is 7.09. The number of amides is 1. The van der Waals surface area contributed by atoms with E-state index in [1.807, 2.05) is 38.1 Å². The first-order valence-corrected chi connectivity index (χ1v) is 8.48. The molecule has 1 aliphatic rings. The lowest BCUT2D eigenvalue weighted by molar-refractivity contribution is -0.124. The lowest BCUT2D eigenvalue weighted by Crippen LogP contribution is -2.51. The molecule has 1 atom stereocenters. The minimum atomic E-state index is -0.563. The number of aliphatic hydroxyl groups excluding tert-OH is 1. The van der Waals surface area contributed by atoms with E-state index in [1.54, 1.807) is 4.57 Å². The number of nitrogens with zero attached hydrogens (tertiary/aromatic N) is 2. The van der Waals surface area contributed by atoms with Crippen molar-refractivity contribution < 1.29 is 9.90 Å². The molecule has 7 heteroatoms. The molecule has 3 N–H and O–H groups in total. The molecule has 1 heterocycles. The zero-order chi connectivity index (χ0) is 17.3. The molecule has 1 saturated carbocycles. The summed E-state index contributed by atoms with van der Waals surface area (Å²) in [5.41, 5.74) is 1.45. The summed E-state index contributed by atoms with van der Waals surface area (Å²) in [6.07, 6.45) is 2.08. The summed E-state index contributed by atoms with van der Waals surface area (Å²) < 4.78 is 2.09. The summed E-state index contributed by atoms with van der Waals surface area (Å²) in [6, 6.07) is 7.89. The van der Waals surface area contributed by atoms with E-state index in [0.717, 1.165) is 24.0 Å². The van der Waals surface area contributed by atoms with E-state index in [4.69, 9.17) is 12.2 Å². The van der Waals surface area contributed by atoms with Gasteiger partial charge in [0.05, 0.1) is 12.1 Å². The highest BCUT2D eigenvalue weighted by Crippen LogP contribution is 2.39. The smallest absolute Gasteiger partial charge is 0.240 e. The number of aromatic amines is 1. The van der Waals surface area contributed by atoms with Crippen LogP contribution in [0.5, 0.6) is 0 Å². The van der Waals surface area contributed by atoms with Gasteiger partial charge in [-0.25, -0.2) is 0 Å². The van der Waals surface area contributed by atoms with Gasteiger partial charge in [-0.2, -0.15) is 5.10 Å². The van der Waals surface area contributed by atoms with E-state index in [1.165, 1.54) is 0 Å². The van der Waals surface area contributed by atoms with E-state index in [2.05, 4.69) is 15.5 Å². The van der Waals surface area contributed by atoms with Gasteiger partial charge in [0.15, 0.2) is 10.6 Å². The average molecular weight is 346 g/mol. The molecule has 3 rings (SSSR count). The van der Waals surface area contributed by atoms with Crippen LogP contribution in [0, 0.1) is 17.6 Å². The van der Waals surface area contributed by atoms with Crippen molar-refractivity contribution in [1.29, 1.82) is 0 Å². The normalized spacial score (nSPS) is 16.6. The van der Waals surface area contributed by atoms with Crippen LogP contribution in [0.2, 0.25) is 0 Å². The predicted octanol–water partition coefficient (Wildman–Crippen LogP) is 2.19. The van der Waals surface area contributed by atoms with Gasteiger partial charge in [0.25, 0.3) is 0 Å². The van der Waals surface area contributed by atoms with Crippen molar-refractivity contribution in [3.8, 4) is 11.4 Å². The number of aromatic nitrogens is 3. The molecule has 0 aliphatic heterocycles. The van der Waals surface area contributed by atoms with Crippen LogP contribution in [0.4, 0.5) is 0 Å². The van der Waals surface area contributed by atoms with Crippen LogP contribution in [0.15, 0.2) is 24.3 Å². The highest BCUT2D eigenvalue weighted by Gasteiger charge is 2.42. The highest BCUT2D eigenvalue weighted by molar-refractivity contribution is 7.71. The zero-order valence-electron chi connectivity index (χ0n) is 13.9. The molecule has 128 valence electrons. The van der Waals surface area contributed by atoms with Crippen LogP contribution < -0.4 is 5.32 Å². The van der Waals surface area contributed by atoms with Crippen LogP contribution in [0.3, 0.4) is 0 Å². The van der Waals surface area contributed by atoms with Crippen molar-refractivity contribution in [1.82, 2.24) is 20.1 Å². The fourth-order valence-electron chi connectivity index (χ4n) is 2.96. The molecule has 0 bridgehead atoms. The Morgan fingerprint density at radius 1 is 1.54 bits per heavy atom. The van der Waals surface area contributed by atoms with Gasteiger partial charge >= 0.3 is 0 Å². The first-order valence-electron chi connectivity index (χ1n) is 8.07. The number of aliphatic hydroxyl groups is 1. The number of carbonyl (C=O) groups is 1. The van der Waals surface area contributed by atoms with Gasteiger partial charge < -0.3 is 10.4 Å². The molecule has 1 aromatic heterocycles. The Morgan fingerprint density at radius 2 is 2.29 bits per heavy atom. The third kappa shape index (κ3) is 3.42. The standard InChI is InChI=1S/C17H22N4O2S/c1-11-4-3-5-12(8-11)15-19-20-16(24)21(15)9-14(23)18-17(2,10-22)13-6-7-13/h3-5,8,13,22H,6-7,9-10H2,1-2H3,(H,18,23)(H,20,24)/t17-/m1/s1. The SMILES string of the molecule is Cc1cccc(-c2n[nH]c(=S)n2CC(=O)N[C@](C)(CO)C2CC2)c1. The Morgan fingerprint density at radius 3 is 2.92 bits per heavy atom. The van der Waals surface area contributed by atoms with Gasteiger partial charge in [0.2, 0.25) is 5.91 Å². The lowest BCUT2D eigenvalue weighted by Gasteiger charge is -2.28. The largest absolute Gasteiger partial charge is 0.394 e. The second-order valence-electron chi connectivity index (χ2n) is 6.71. The van der Waals surface area contributed by atoms with Crippen LogP contribution in [0.25, 0.3) is 11.4 Å². The van der Waals surface area contributed by atoms with Crippen LogP contribution in [-0.4, -0.2) is 37.9 Å². The molecule has 0 saturated heterocycles. The number of benzene rings is 1. The molecule has 1 aliphatic carbocycles.